The average Bonchev–Trinajstić information content (AvgIpc) is 3.37. The number of amides is 3. The first-order chi connectivity index (χ1) is 19.2. The van der Waals surface area contributed by atoms with Gasteiger partial charge in [-0.25, -0.2) is 13.1 Å². The number of benzene rings is 2. The summed E-state index contributed by atoms with van der Waals surface area (Å²) in [6, 6.07) is 15.9. The van der Waals surface area contributed by atoms with Gasteiger partial charge in [0.25, 0.3) is 5.91 Å². The monoisotopic (exact) mass is 593 g/mol. The molecule has 2 unspecified atom stereocenters. The molecule has 3 amide bonds. The van der Waals surface area contributed by atoms with Gasteiger partial charge in [0.05, 0.1) is 39.5 Å². The van der Waals surface area contributed by atoms with Gasteiger partial charge in [-0.3, -0.25) is 14.4 Å². The standard InChI is InChI=1S/C29H31N5O5S2/c1-28(2,3)25(32-26(36)22-13-19-7-5-6-8-21(19)40-22)27(37)34-16-23-29(34,4)17-33(23)24(35)15-31-41(38,39)20-11-9-18(14-30)10-12-20/h5-13,23,25,31H,15-17H2,1-4H3,(H,32,36)/t23-,25?,29?/m1/s1. The highest BCUT2D eigenvalue weighted by Crippen LogP contribution is 2.45. The van der Waals surface area contributed by atoms with Crippen LogP contribution in [0, 0.1) is 16.7 Å². The van der Waals surface area contributed by atoms with Gasteiger partial charge >= 0.3 is 0 Å². The molecular formula is C29H31N5O5S2. The van der Waals surface area contributed by atoms with Crippen LogP contribution in [-0.4, -0.2) is 73.2 Å². The highest BCUT2D eigenvalue weighted by Gasteiger charge is 2.65. The third kappa shape index (κ3) is 5.21. The van der Waals surface area contributed by atoms with E-state index >= 15 is 0 Å². The van der Waals surface area contributed by atoms with Gasteiger partial charge in [-0.2, -0.15) is 5.26 Å². The molecule has 3 heterocycles. The number of thiophene rings is 1. The van der Waals surface area contributed by atoms with Gasteiger partial charge in [-0.15, -0.1) is 11.3 Å². The van der Waals surface area contributed by atoms with E-state index in [1.807, 2.05) is 64.1 Å². The Kier molecular flexibility index (Phi) is 7.18. The van der Waals surface area contributed by atoms with E-state index in [1.165, 1.54) is 35.6 Å². The first kappa shape index (κ1) is 28.7. The summed E-state index contributed by atoms with van der Waals surface area (Å²) >= 11 is 1.38. The summed E-state index contributed by atoms with van der Waals surface area (Å²) in [4.78, 5) is 43.6. The molecule has 0 bridgehead atoms. The first-order valence-electron chi connectivity index (χ1n) is 13.1. The normalized spacial score (nSPS) is 20.8. The molecule has 214 valence electrons. The molecule has 41 heavy (non-hydrogen) atoms. The number of carbonyl (C=O) groups excluding carboxylic acids is 3. The van der Waals surface area contributed by atoms with Gasteiger partial charge in [-0.05, 0) is 54.1 Å². The van der Waals surface area contributed by atoms with E-state index < -0.39 is 33.6 Å². The summed E-state index contributed by atoms with van der Waals surface area (Å²) in [7, 11) is -3.93. The van der Waals surface area contributed by atoms with Crippen LogP contribution in [-0.2, 0) is 19.6 Å². The number of piperazine rings is 1. The Hall–Kier alpha value is -3.79. The highest BCUT2D eigenvalue weighted by atomic mass is 32.2. The molecule has 2 aliphatic rings. The van der Waals surface area contributed by atoms with Crippen molar-refractivity contribution in [3.63, 3.8) is 0 Å². The van der Waals surface area contributed by atoms with E-state index in [1.54, 1.807) is 9.80 Å². The Labute approximate surface area is 243 Å². The maximum atomic E-state index is 13.7. The van der Waals surface area contributed by atoms with Crippen LogP contribution in [0.5, 0.6) is 0 Å². The summed E-state index contributed by atoms with van der Waals surface area (Å²) in [6.07, 6.45) is 0. The van der Waals surface area contributed by atoms with Crippen LogP contribution in [0.25, 0.3) is 10.1 Å². The second kappa shape index (κ2) is 10.2. The number of rotatable bonds is 7. The Morgan fingerprint density at radius 2 is 1.83 bits per heavy atom. The van der Waals surface area contributed by atoms with Crippen LogP contribution in [0.15, 0.2) is 59.5 Å². The molecule has 2 N–H and O–H groups in total. The minimum Gasteiger partial charge on any atom is -0.339 e. The van der Waals surface area contributed by atoms with Crippen LogP contribution in [0.1, 0.15) is 42.9 Å². The van der Waals surface area contributed by atoms with Crippen LogP contribution >= 0.6 is 11.3 Å². The van der Waals surface area contributed by atoms with Crippen molar-refractivity contribution in [1.29, 1.82) is 5.26 Å². The zero-order valence-corrected chi connectivity index (χ0v) is 24.8. The lowest BCUT2D eigenvalue weighted by molar-refractivity contribution is -0.206. The zero-order valence-electron chi connectivity index (χ0n) is 23.2. The third-order valence-corrected chi connectivity index (χ3v) is 10.4. The van der Waals surface area contributed by atoms with E-state index in [4.69, 9.17) is 5.26 Å². The summed E-state index contributed by atoms with van der Waals surface area (Å²) in [5, 5.41) is 12.8. The van der Waals surface area contributed by atoms with Crippen LogP contribution in [0.4, 0.5) is 0 Å². The van der Waals surface area contributed by atoms with E-state index in [9.17, 15) is 22.8 Å². The van der Waals surface area contributed by atoms with Gasteiger partial charge in [0.1, 0.15) is 6.04 Å². The van der Waals surface area contributed by atoms with E-state index in [0.29, 0.717) is 17.0 Å². The molecule has 0 spiro atoms. The molecule has 2 saturated heterocycles. The lowest BCUT2D eigenvalue weighted by atomic mass is 9.70. The van der Waals surface area contributed by atoms with Gasteiger partial charge in [0.2, 0.25) is 21.8 Å². The van der Waals surface area contributed by atoms with Gasteiger partial charge < -0.3 is 15.1 Å². The molecule has 2 aromatic carbocycles. The quantitative estimate of drug-likeness (QED) is 0.432. The molecule has 12 heteroatoms. The Balaban J connectivity index is 1.21. The molecule has 2 aliphatic heterocycles. The fourth-order valence-electron chi connectivity index (χ4n) is 5.37. The lowest BCUT2D eigenvalue weighted by Crippen LogP contribution is -2.89. The van der Waals surface area contributed by atoms with Crippen molar-refractivity contribution >= 4 is 49.2 Å². The van der Waals surface area contributed by atoms with Gasteiger partial charge in [-0.1, -0.05) is 39.0 Å². The summed E-state index contributed by atoms with van der Waals surface area (Å²) in [5.74, 6) is -0.900. The van der Waals surface area contributed by atoms with E-state index in [2.05, 4.69) is 10.0 Å². The number of sulfonamides is 1. The van der Waals surface area contributed by atoms with Gasteiger partial charge in [0.15, 0.2) is 0 Å². The van der Waals surface area contributed by atoms with Crippen molar-refractivity contribution < 1.29 is 22.8 Å². The molecule has 0 saturated carbocycles. The fraction of sp³-hybridized carbons (Fsp3) is 0.379. The molecule has 0 aliphatic carbocycles. The summed E-state index contributed by atoms with van der Waals surface area (Å²) in [6.45, 7) is 7.75. The molecule has 2 fully saturated rings. The van der Waals surface area contributed by atoms with Gasteiger partial charge in [0, 0.05) is 17.8 Å². The molecule has 0 radical (unpaired) electrons. The summed E-state index contributed by atoms with van der Waals surface area (Å²) in [5.41, 5.74) is -0.823. The number of hydrogen-bond acceptors (Lipinski definition) is 7. The Bertz CT molecular complexity index is 1650. The average molecular weight is 594 g/mol. The maximum absolute atomic E-state index is 13.7. The number of nitrogens with one attached hydrogen (secondary N) is 2. The van der Waals surface area contributed by atoms with E-state index in [0.717, 1.165) is 10.1 Å². The molecule has 5 rings (SSSR count). The fourth-order valence-corrected chi connectivity index (χ4v) is 7.31. The van der Waals surface area contributed by atoms with Crippen LogP contribution in [0.2, 0.25) is 0 Å². The molecule has 10 nitrogen and oxygen atoms in total. The van der Waals surface area contributed by atoms with Crippen molar-refractivity contribution in [2.45, 2.75) is 50.2 Å². The summed E-state index contributed by atoms with van der Waals surface area (Å²) < 4.78 is 28.5. The van der Waals surface area contributed by atoms with Crippen LogP contribution in [0.3, 0.4) is 0 Å². The van der Waals surface area contributed by atoms with Crippen molar-refractivity contribution in [2.75, 3.05) is 19.6 Å². The first-order valence-corrected chi connectivity index (χ1v) is 15.4. The second-order valence-electron chi connectivity index (χ2n) is 11.7. The molecule has 3 aromatic rings. The van der Waals surface area contributed by atoms with Crippen molar-refractivity contribution in [3.8, 4) is 6.07 Å². The lowest BCUT2D eigenvalue weighted by Gasteiger charge is -2.69. The smallest absolute Gasteiger partial charge is 0.262 e. The third-order valence-electron chi connectivity index (χ3n) is 7.89. The highest BCUT2D eigenvalue weighted by molar-refractivity contribution is 7.89. The van der Waals surface area contributed by atoms with Crippen LogP contribution < -0.4 is 10.0 Å². The largest absolute Gasteiger partial charge is 0.339 e. The Morgan fingerprint density at radius 3 is 2.41 bits per heavy atom. The SMILES string of the molecule is CC(C)(C)C(NC(=O)c1cc2ccccc2s1)C(=O)N1C[C@H]2N(C(=O)CNS(=O)(=O)c3ccc(C#N)cc3)CC21C. The number of nitrogens with zero attached hydrogens (tertiary/aromatic N) is 3. The minimum absolute atomic E-state index is 0.0379. The number of carbonyl (C=O) groups is 3. The number of hydrogen-bond donors (Lipinski definition) is 2. The zero-order chi connectivity index (χ0) is 29.7. The predicted molar refractivity (Wildman–Crippen MR) is 154 cm³/mol. The van der Waals surface area contributed by atoms with Crippen molar-refractivity contribution in [3.05, 3.63) is 65.0 Å². The maximum Gasteiger partial charge on any atom is 0.262 e. The van der Waals surface area contributed by atoms with Crippen molar-refractivity contribution in [1.82, 2.24) is 19.8 Å². The minimum atomic E-state index is -3.93. The topological polar surface area (TPSA) is 140 Å². The Morgan fingerprint density at radius 1 is 1.15 bits per heavy atom. The second-order valence-corrected chi connectivity index (χ2v) is 14.6. The number of fused-ring (bicyclic) bond motifs is 2. The molecule has 3 atom stereocenters. The van der Waals surface area contributed by atoms with E-state index in [-0.39, 0.29) is 35.2 Å². The molecular weight excluding hydrogens is 562 g/mol. The predicted octanol–water partition coefficient (Wildman–Crippen LogP) is 2.71. The number of nitriles is 1. The number of likely N-dealkylation sites (tertiary alicyclic amines) is 2. The molecule has 1 aromatic heterocycles. The van der Waals surface area contributed by atoms with Crippen molar-refractivity contribution in [2.24, 2.45) is 5.41 Å².